The van der Waals surface area contributed by atoms with E-state index in [4.69, 9.17) is 10.5 Å². The predicted molar refractivity (Wildman–Crippen MR) is 108 cm³/mol. The fourth-order valence-electron chi connectivity index (χ4n) is 3.05. The van der Waals surface area contributed by atoms with Gasteiger partial charge in [0.05, 0.1) is 0 Å². The molecule has 1 aliphatic heterocycles. The molecular formula is C21H24N4O3. The van der Waals surface area contributed by atoms with Gasteiger partial charge >= 0.3 is 0 Å². The lowest BCUT2D eigenvalue weighted by Gasteiger charge is -2.14. The van der Waals surface area contributed by atoms with E-state index in [1.807, 2.05) is 30.3 Å². The third-order valence-corrected chi connectivity index (χ3v) is 4.56. The van der Waals surface area contributed by atoms with Gasteiger partial charge in [0.25, 0.3) is 5.91 Å². The first-order chi connectivity index (χ1) is 13.6. The normalized spacial score (nSPS) is 16.5. The molecule has 1 heterocycles. The van der Waals surface area contributed by atoms with Gasteiger partial charge in [-0.1, -0.05) is 30.3 Å². The van der Waals surface area contributed by atoms with E-state index in [-0.39, 0.29) is 23.6 Å². The maximum absolute atomic E-state index is 12.6. The topological polar surface area (TPSA) is 106 Å². The fraction of sp³-hybridized carbons (Fsp3) is 0.286. The molecule has 4 N–H and O–H groups in total. The molecule has 0 saturated carbocycles. The number of nitrogens with one attached hydrogen (secondary N) is 2. The number of amides is 2. The van der Waals surface area contributed by atoms with Crippen molar-refractivity contribution in [3.63, 3.8) is 0 Å². The van der Waals surface area contributed by atoms with Crippen LogP contribution >= 0.6 is 0 Å². The fourth-order valence-corrected chi connectivity index (χ4v) is 3.05. The molecule has 2 amide bonds. The first-order valence-corrected chi connectivity index (χ1v) is 9.18. The first kappa shape index (κ1) is 19.4. The smallest absolute Gasteiger partial charge is 0.270 e. The van der Waals surface area contributed by atoms with Gasteiger partial charge in [-0.3, -0.25) is 14.6 Å². The summed E-state index contributed by atoms with van der Waals surface area (Å²) in [6, 6.07) is 14.9. The van der Waals surface area contributed by atoms with Crippen LogP contribution in [0.15, 0.2) is 53.5 Å². The molecule has 7 heteroatoms. The molecule has 28 heavy (non-hydrogen) atoms. The second-order valence-corrected chi connectivity index (χ2v) is 6.61. The minimum atomic E-state index is -0.337. The molecule has 1 aliphatic rings. The predicted octanol–water partition coefficient (Wildman–Crippen LogP) is 1.66. The van der Waals surface area contributed by atoms with Gasteiger partial charge in [-0.2, -0.15) is 0 Å². The summed E-state index contributed by atoms with van der Waals surface area (Å²) in [5.74, 6) is 0.275. The molecular weight excluding hydrogens is 356 g/mol. The van der Waals surface area contributed by atoms with Gasteiger partial charge in [0, 0.05) is 37.3 Å². The third kappa shape index (κ3) is 4.88. The Hall–Kier alpha value is -3.35. The van der Waals surface area contributed by atoms with Crippen LogP contribution in [0.4, 0.5) is 5.69 Å². The van der Waals surface area contributed by atoms with Gasteiger partial charge in [0.1, 0.15) is 18.1 Å². The summed E-state index contributed by atoms with van der Waals surface area (Å²) in [4.78, 5) is 28.0. The van der Waals surface area contributed by atoms with Crippen LogP contribution in [0, 0.1) is 0 Å². The van der Waals surface area contributed by atoms with E-state index in [9.17, 15) is 9.59 Å². The number of hydrogen-bond donors (Lipinski definition) is 3. The highest BCUT2D eigenvalue weighted by Gasteiger charge is 2.23. The zero-order chi connectivity index (χ0) is 19.9. The summed E-state index contributed by atoms with van der Waals surface area (Å²) < 4.78 is 5.83. The molecule has 2 aromatic carbocycles. The van der Waals surface area contributed by atoms with Crippen LogP contribution in [0.5, 0.6) is 5.75 Å². The monoisotopic (exact) mass is 380 g/mol. The van der Waals surface area contributed by atoms with Crippen molar-refractivity contribution in [2.75, 3.05) is 19.3 Å². The summed E-state index contributed by atoms with van der Waals surface area (Å²) in [7, 11) is 1.54. The molecule has 1 saturated heterocycles. The van der Waals surface area contributed by atoms with Crippen molar-refractivity contribution in [3.8, 4) is 5.75 Å². The van der Waals surface area contributed by atoms with E-state index in [1.54, 1.807) is 25.2 Å². The molecule has 146 valence electrons. The molecule has 0 spiro atoms. The van der Waals surface area contributed by atoms with E-state index in [2.05, 4.69) is 15.6 Å². The van der Waals surface area contributed by atoms with Gasteiger partial charge < -0.3 is 21.1 Å². The first-order valence-electron chi connectivity index (χ1n) is 9.18. The molecule has 0 aromatic heterocycles. The van der Waals surface area contributed by atoms with Crippen molar-refractivity contribution >= 4 is 23.2 Å². The number of nitrogens with two attached hydrogens (primary N) is 1. The Morgan fingerprint density at radius 1 is 1.29 bits per heavy atom. The molecule has 1 unspecified atom stereocenters. The number of aliphatic imine (C=N–C) groups is 1. The summed E-state index contributed by atoms with van der Waals surface area (Å²) in [5.41, 5.74) is 8.30. The molecule has 0 aliphatic carbocycles. The molecule has 1 fully saturated rings. The summed E-state index contributed by atoms with van der Waals surface area (Å²) in [6.07, 6.45) is 1.20. The Morgan fingerprint density at radius 2 is 2.07 bits per heavy atom. The Bertz CT molecular complexity index is 880. The second-order valence-electron chi connectivity index (χ2n) is 6.61. The van der Waals surface area contributed by atoms with Crippen LogP contribution in [-0.4, -0.2) is 37.2 Å². The average molecular weight is 380 g/mol. The van der Waals surface area contributed by atoms with Crippen LogP contribution in [0.25, 0.3) is 0 Å². The number of carbonyl (C=O) groups is 2. The summed E-state index contributed by atoms with van der Waals surface area (Å²) in [6.45, 7) is 0.768. The van der Waals surface area contributed by atoms with Crippen molar-refractivity contribution in [2.24, 2.45) is 4.99 Å². The number of nitrogens with zero attached hydrogens (tertiary/aromatic N) is 1. The molecule has 0 radical (unpaired) electrons. The Balaban J connectivity index is 1.67. The van der Waals surface area contributed by atoms with Gasteiger partial charge in [-0.25, -0.2) is 0 Å². The zero-order valence-corrected chi connectivity index (χ0v) is 15.8. The Labute approximate surface area is 164 Å². The third-order valence-electron chi connectivity index (χ3n) is 4.56. The molecule has 7 nitrogen and oxygen atoms in total. The van der Waals surface area contributed by atoms with Crippen molar-refractivity contribution in [1.29, 1.82) is 0 Å². The standard InChI is InChI=1S/C21H24N4O3/c1-23-20(21(27)24-12-15-7-10-19(26)25-15)17-11-16(8-9-18(17)22)28-13-14-5-3-2-4-6-14/h2-6,8-9,11,15H,7,10,12-13,22H2,1H3,(H,24,27)(H,25,26). The number of benzene rings is 2. The maximum Gasteiger partial charge on any atom is 0.270 e. The van der Waals surface area contributed by atoms with Gasteiger partial charge in [0.2, 0.25) is 5.91 Å². The minimum absolute atomic E-state index is 0.0103. The zero-order valence-electron chi connectivity index (χ0n) is 15.8. The molecule has 3 rings (SSSR count). The Morgan fingerprint density at radius 3 is 2.75 bits per heavy atom. The largest absolute Gasteiger partial charge is 0.489 e. The number of nitrogen functional groups attached to an aromatic ring is 1. The van der Waals surface area contributed by atoms with Crippen LogP contribution in [-0.2, 0) is 16.2 Å². The number of ether oxygens (including phenoxy) is 1. The van der Waals surface area contributed by atoms with Crippen LogP contribution in [0.2, 0.25) is 0 Å². The van der Waals surface area contributed by atoms with E-state index in [0.29, 0.717) is 43.0 Å². The highest BCUT2D eigenvalue weighted by Crippen LogP contribution is 2.22. The minimum Gasteiger partial charge on any atom is -0.489 e. The van der Waals surface area contributed by atoms with Gasteiger partial charge in [-0.15, -0.1) is 0 Å². The SMILES string of the molecule is CN=C(C(=O)NCC1CCC(=O)N1)c1cc(OCc2ccccc2)ccc1N. The molecule has 2 aromatic rings. The summed E-state index contributed by atoms with van der Waals surface area (Å²) in [5, 5.41) is 5.64. The second kappa shape index (κ2) is 9.03. The van der Waals surface area contributed by atoms with E-state index in [0.717, 1.165) is 5.56 Å². The van der Waals surface area contributed by atoms with Crippen molar-refractivity contribution in [3.05, 3.63) is 59.7 Å². The van der Waals surface area contributed by atoms with Crippen molar-refractivity contribution in [2.45, 2.75) is 25.5 Å². The molecule has 0 bridgehead atoms. The van der Waals surface area contributed by atoms with Crippen molar-refractivity contribution < 1.29 is 14.3 Å². The molecule has 1 atom stereocenters. The maximum atomic E-state index is 12.6. The van der Waals surface area contributed by atoms with E-state index >= 15 is 0 Å². The van der Waals surface area contributed by atoms with Crippen LogP contribution < -0.4 is 21.1 Å². The Kier molecular flexibility index (Phi) is 6.26. The van der Waals surface area contributed by atoms with E-state index in [1.165, 1.54) is 0 Å². The number of hydrogen-bond acceptors (Lipinski definition) is 5. The number of rotatable bonds is 7. The number of carbonyl (C=O) groups excluding carboxylic acids is 2. The van der Waals surface area contributed by atoms with Crippen LogP contribution in [0.3, 0.4) is 0 Å². The average Bonchev–Trinajstić information content (AvgIpc) is 3.13. The number of anilines is 1. The lowest BCUT2D eigenvalue weighted by atomic mass is 10.1. The van der Waals surface area contributed by atoms with Gasteiger partial charge in [-0.05, 0) is 30.2 Å². The van der Waals surface area contributed by atoms with Crippen molar-refractivity contribution in [1.82, 2.24) is 10.6 Å². The quantitative estimate of drug-likeness (QED) is 0.502. The highest BCUT2D eigenvalue weighted by atomic mass is 16.5. The van der Waals surface area contributed by atoms with Crippen LogP contribution in [0.1, 0.15) is 24.0 Å². The lowest BCUT2D eigenvalue weighted by Crippen LogP contribution is -2.41. The van der Waals surface area contributed by atoms with E-state index < -0.39 is 0 Å². The lowest BCUT2D eigenvalue weighted by molar-refractivity contribution is -0.119. The summed E-state index contributed by atoms with van der Waals surface area (Å²) >= 11 is 0. The van der Waals surface area contributed by atoms with Gasteiger partial charge in [0.15, 0.2) is 0 Å². The highest BCUT2D eigenvalue weighted by molar-refractivity contribution is 6.46.